The van der Waals surface area contributed by atoms with Crippen LogP contribution < -0.4 is 5.32 Å². The van der Waals surface area contributed by atoms with Crippen LogP contribution in [0.5, 0.6) is 0 Å². The Kier molecular flexibility index (Phi) is 8.36. The first-order valence-corrected chi connectivity index (χ1v) is 12.2. The maximum absolute atomic E-state index is 12.6. The monoisotopic (exact) mass is 448 g/mol. The van der Waals surface area contributed by atoms with Gasteiger partial charge in [0.25, 0.3) is 0 Å². The first-order valence-electron chi connectivity index (χ1n) is 12.2. The first kappa shape index (κ1) is 23.3. The Bertz CT molecular complexity index is 906. The van der Waals surface area contributed by atoms with E-state index in [1.54, 1.807) is 0 Å². The first-order chi connectivity index (χ1) is 16.2. The molecule has 0 aromatic heterocycles. The third-order valence-corrected chi connectivity index (χ3v) is 6.39. The molecular weight excluding hydrogens is 412 g/mol. The maximum Gasteiger partial charge on any atom is 0.223 e. The molecule has 0 spiro atoms. The lowest BCUT2D eigenvalue weighted by atomic mass is 10.1. The van der Waals surface area contributed by atoms with E-state index < -0.39 is 0 Å². The highest BCUT2D eigenvalue weighted by atomic mass is 16.5. The lowest BCUT2D eigenvalue weighted by Gasteiger charge is -2.22. The van der Waals surface area contributed by atoms with Gasteiger partial charge in [-0.3, -0.25) is 9.79 Å². The van der Waals surface area contributed by atoms with Gasteiger partial charge in [0.2, 0.25) is 5.91 Å². The summed E-state index contributed by atoms with van der Waals surface area (Å²) in [7, 11) is 0. The molecule has 176 valence electrons. The second-order valence-electron chi connectivity index (χ2n) is 8.96. The van der Waals surface area contributed by atoms with Crippen LogP contribution in [0.4, 0.5) is 0 Å². The highest BCUT2D eigenvalue weighted by Gasteiger charge is 2.25. The van der Waals surface area contributed by atoms with E-state index in [1.165, 1.54) is 16.7 Å². The van der Waals surface area contributed by atoms with E-state index in [2.05, 4.69) is 41.4 Å². The number of guanidine groups is 1. The Labute approximate surface area is 197 Å². The summed E-state index contributed by atoms with van der Waals surface area (Å²) in [4.78, 5) is 21.7. The SMILES string of the molecule is CCNC(=NCCCC(=O)N1Cc2ccccc2C1)N1CCC(COCc2ccccc2)C1. The van der Waals surface area contributed by atoms with E-state index in [1.807, 2.05) is 35.2 Å². The molecule has 2 heterocycles. The Morgan fingerprint density at radius 1 is 1.06 bits per heavy atom. The fraction of sp³-hybridized carbons (Fsp3) is 0.481. The van der Waals surface area contributed by atoms with Gasteiger partial charge in [0.05, 0.1) is 13.2 Å². The average Bonchev–Trinajstić information content (AvgIpc) is 3.49. The largest absolute Gasteiger partial charge is 0.376 e. The summed E-state index contributed by atoms with van der Waals surface area (Å²) < 4.78 is 5.96. The molecule has 0 bridgehead atoms. The third-order valence-electron chi connectivity index (χ3n) is 6.39. The zero-order valence-electron chi connectivity index (χ0n) is 19.7. The van der Waals surface area contributed by atoms with Crippen LogP contribution in [0.3, 0.4) is 0 Å². The number of aliphatic imine (C=N–C) groups is 1. The van der Waals surface area contributed by atoms with Crippen molar-refractivity contribution < 1.29 is 9.53 Å². The quantitative estimate of drug-likeness (QED) is 0.360. The molecule has 2 aliphatic heterocycles. The van der Waals surface area contributed by atoms with Gasteiger partial charge in [-0.15, -0.1) is 0 Å². The molecule has 2 aromatic carbocycles. The van der Waals surface area contributed by atoms with Crippen molar-refractivity contribution in [2.45, 2.75) is 45.9 Å². The molecule has 1 N–H and O–H groups in total. The molecule has 0 saturated carbocycles. The second-order valence-corrected chi connectivity index (χ2v) is 8.96. The lowest BCUT2D eigenvalue weighted by molar-refractivity contribution is -0.131. The number of fused-ring (bicyclic) bond motifs is 1. The van der Waals surface area contributed by atoms with Gasteiger partial charge in [0, 0.05) is 51.6 Å². The Hall–Kier alpha value is -2.86. The van der Waals surface area contributed by atoms with Crippen LogP contribution in [0, 0.1) is 5.92 Å². The molecule has 6 heteroatoms. The number of hydrogen-bond donors (Lipinski definition) is 1. The van der Waals surface area contributed by atoms with Crippen LogP contribution >= 0.6 is 0 Å². The van der Waals surface area contributed by atoms with Crippen LogP contribution in [-0.4, -0.2) is 54.5 Å². The predicted molar refractivity (Wildman–Crippen MR) is 132 cm³/mol. The number of amides is 1. The fourth-order valence-corrected chi connectivity index (χ4v) is 4.59. The molecule has 4 rings (SSSR count). The minimum absolute atomic E-state index is 0.225. The van der Waals surface area contributed by atoms with Crippen LogP contribution in [0.1, 0.15) is 42.9 Å². The van der Waals surface area contributed by atoms with Crippen LogP contribution in [0.15, 0.2) is 59.6 Å². The highest BCUT2D eigenvalue weighted by molar-refractivity contribution is 5.80. The molecule has 2 aromatic rings. The van der Waals surface area contributed by atoms with Crippen molar-refractivity contribution in [1.82, 2.24) is 15.1 Å². The molecule has 1 atom stereocenters. The Morgan fingerprint density at radius 3 is 2.52 bits per heavy atom. The molecule has 0 aliphatic carbocycles. The molecule has 2 aliphatic rings. The van der Waals surface area contributed by atoms with E-state index in [0.717, 1.165) is 58.1 Å². The summed E-state index contributed by atoms with van der Waals surface area (Å²) in [6.07, 6.45) is 2.44. The maximum atomic E-state index is 12.6. The van der Waals surface area contributed by atoms with Crippen molar-refractivity contribution in [2.24, 2.45) is 10.9 Å². The number of likely N-dealkylation sites (tertiary alicyclic amines) is 1. The molecule has 33 heavy (non-hydrogen) atoms. The van der Waals surface area contributed by atoms with Gasteiger partial charge in [-0.1, -0.05) is 54.6 Å². The van der Waals surface area contributed by atoms with E-state index in [4.69, 9.17) is 9.73 Å². The topological polar surface area (TPSA) is 57.2 Å². The summed E-state index contributed by atoms with van der Waals surface area (Å²) in [5.74, 6) is 1.71. The number of carbonyl (C=O) groups is 1. The summed E-state index contributed by atoms with van der Waals surface area (Å²) in [5, 5.41) is 3.42. The zero-order chi connectivity index (χ0) is 22.9. The number of rotatable bonds is 9. The number of ether oxygens (including phenoxy) is 1. The van der Waals surface area contributed by atoms with Crippen LogP contribution in [0.25, 0.3) is 0 Å². The number of hydrogen-bond acceptors (Lipinski definition) is 3. The summed E-state index contributed by atoms with van der Waals surface area (Å²) in [6.45, 7) is 8.49. The molecule has 6 nitrogen and oxygen atoms in total. The highest BCUT2D eigenvalue weighted by Crippen LogP contribution is 2.23. The van der Waals surface area contributed by atoms with Crippen molar-refractivity contribution in [1.29, 1.82) is 0 Å². The van der Waals surface area contributed by atoms with Gasteiger partial charge < -0.3 is 19.9 Å². The lowest BCUT2D eigenvalue weighted by Crippen LogP contribution is -2.40. The summed E-state index contributed by atoms with van der Waals surface area (Å²) in [5.41, 5.74) is 3.76. The minimum Gasteiger partial charge on any atom is -0.376 e. The molecule has 0 radical (unpaired) electrons. The van der Waals surface area contributed by atoms with Gasteiger partial charge >= 0.3 is 0 Å². The van der Waals surface area contributed by atoms with E-state index in [0.29, 0.717) is 25.5 Å². The van der Waals surface area contributed by atoms with Crippen molar-refractivity contribution in [2.75, 3.05) is 32.8 Å². The van der Waals surface area contributed by atoms with Gasteiger partial charge in [-0.25, -0.2) is 0 Å². The standard InChI is InChI=1S/C27H36N4O2/c1-2-28-27(30-16-14-23(17-30)21-33-20-22-9-4-3-5-10-22)29-15-8-13-26(32)31-18-24-11-6-7-12-25(24)19-31/h3-7,9-12,23H,2,8,13-21H2,1H3,(H,28,29). The molecule has 1 amide bonds. The summed E-state index contributed by atoms with van der Waals surface area (Å²) in [6, 6.07) is 18.6. The smallest absolute Gasteiger partial charge is 0.223 e. The van der Waals surface area contributed by atoms with Gasteiger partial charge in [-0.2, -0.15) is 0 Å². The number of benzene rings is 2. The average molecular weight is 449 g/mol. The molecule has 1 fully saturated rings. The fourth-order valence-electron chi connectivity index (χ4n) is 4.59. The number of nitrogens with zero attached hydrogens (tertiary/aromatic N) is 3. The number of nitrogens with one attached hydrogen (secondary N) is 1. The molecular formula is C27H36N4O2. The van der Waals surface area contributed by atoms with Crippen molar-refractivity contribution in [3.05, 3.63) is 71.3 Å². The molecule has 1 saturated heterocycles. The van der Waals surface area contributed by atoms with Crippen LogP contribution in [0.2, 0.25) is 0 Å². The Morgan fingerprint density at radius 2 is 1.79 bits per heavy atom. The predicted octanol–water partition coefficient (Wildman–Crippen LogP) is 3.81. The van der Waals surface area contributed by atoms with Crippen molar-refractivity contribution >= 4 is 11.9 Å². The van der Waals surface area contributed by atoms with Gasteiger partial charge in [0.1, 0.15) is 0 Å². The van der Waals surface area contributed by atoms with Crippen molar-refractivity contribution in [3.8, 4) is 0 Å². The second kappa shape index (κ2) is 11.8. The summed E-state index contributed by atoms with van der Waals surface area (Å²) >= 11 is 0. The van der Waals surface area contributed by atoms with Crippen LogP contribution in [-0.2, 0) is 29.2 Å². The number of carbonyl (C=O) groups excluding carboxylic acids is 1. The van der Waals surface area contributed by atoms with Gasteiger partial charge in [-0.05, 0) is 36.5 Å². The van der Waals surface area contributed by atoms with E-state index in [-0.39, 0.29) is 5.91 Å². The normalized spacial score (nSPS) is 18.0. The van der Waals surface area contributed by atoms with E-state index in [9.17, 15) is 4.79 Å². The minimum atomic E-state index is 0.225. The molecule has 1 unspecified atom stereocenters. The zero-order valence-corrected chi connectivity index (χ0v) is 19.7. The van der Waals surface area contributed by atoms with Gasteiger partial charge in [0.15, 0.2) is 5.96 Å². The Balaban J connectivity index is 1.18. The van der Waals surface area contributed by atoms with Crippen molar-refractivity contribution in [3.63, 3.8) is 0 Å². The van der Waals surface area contributed by atoms with E-state index >= 15 is 0 Å². The third kappa shape index (κ3) is 6.57.